The van der Waals surface area contributed by atoms with Gasteiger partial charge < -0.3 is 19.9 Å². The molecular weight excluding hydrogens is 314 g/mol. The molecule has 0 radical (unpaired) electrons. The maximum absolute atomic E-state index is 12.9. The summed E-state index contributed by atoms with van der Waals surface area (Å²) in [7, 11) is 5.61. The molecule has 0 saturated carbocycles. The van der Waals surface area contributed by atoms with Gasteiger partial charge in [-0.3, -0.25) is 0 Å². The minimum atomic E-state index is -0.0485. The highest BCUT2D eigenvalue weighted by Crippen LogP contribution is 2.34. The van der Waals surface area contributed by atoms with E-state index in [-0.39, 0.29) is 12.1 Å². The Morgan fingerprint density at radius 3 is 2.56 bits per heavy atom. The molecule has 2 aromatic rings. The number of urea groups is 1. The number of likely N-dealkylation sites (tertiary alicyclic amines) is 1. The quantitative estimate of drug-likeness (QED) is 0.911. The molecule has 1 heterocycles. The number of benzene rings is 2. The van der Waals surface area contributed by atoms with E-state index in [2.05, 4.69) is 5.32 Å². The lowest BCUT2D eigenvalue weighted by Gasteiger charge is -2.26. The fourth-order valence-electron chi connectivity index (χ4n) is 3.34. The minimum Gasteiger partial charge on any atom is -0.497 e. The van der Waals surface area contributed by atoms with E-state index in [1.54, 1.807) is 7.11 Å². The molecule has 1 saturated heterocycles. The van der Waals surface area contributed by atoms with Crippen LogP contribution in [0.15, 0.2) is 48.5 Å². The van der Waals surface area contributed by atoms with E-state index >= 15 is 0 Å². The van der Waals surface area contributed by atoms with E-state index in [1.807, 2.05) is 72.4 Å². The Balaban J connectivity index is 1.77. The van der Waals surface area contributed by atoms with E-state index in [9.17, 15) is 4.79 Å². The van der Waals surface area contributed by atoms with E-state index in [0.717, 1.165) is 42.1 Å². The second-order valence-electron chi connectivity index (χ2n) is 6.47. The molecule has 5 nitrogen and oxygen atoms in total. The minimum absolute atomic E-state index is 0.0485. The number of nitrogens with one attached hydrogen (secondary N) is 1. The molecule has 1 atom stereocenters. The molecule has 1 aliphatic heterocycles. The number of rotatable bonds is 4. The van der Waals surface area contributed by atoms with Crippen LogP contribution in [0, 0.1) is 0 Å². The molecule has 0 aromatic heterocycles. The molecule has 0 aliphatic carbocycles. The van der Waals surface area contributed by atoms with Gasteiger partial charge in [0.15, 0.2) is 0 Å². The first-order valence-corrected chi connectivity index (χ1v) is 8.58. The molecule has 0 spiro atoms. The number of ether oxygens (including phenoxy) is 1. The highest BCUT2D eigenvalue weighted by atomic mass is 16.5. The zero-order chi connectivity index (χ0) is 17.8. The summed E-state index contributed by atoms with van der Waals surface area (Å²) in [5.41, 5.74) is 2.98. The first-order valence-electron chi connectivity index (χ1n) is 8.58. The molecule has 0 bridgehead atoms. The standard InChI is InChI=1S/C20H25N3O2/c1-22(2)19-8-5-4-7-17(19)21-20(24)23-14-6-9-18(23)15-10-12-16(25-3)13-11-15/h4-5,7-8,10-13,18H,6,9,14H2,1-3H3,(H,21,24)/t18-/m0/s1. The Morgan fingerprint density at radius 2 is 1.88 bits per heavy atom. The molecule has 1 fully saturated rings. The van der Waals surface area contributed by atoms with Crippen LogP contribution in [0.2, 0.25) is 0 Å². The number of para-hydroxylation sites is 2. The lowest BCUT2D eigenvalue weighted by molar-refractivity contribution is 0.207. The number of amides is 2. The Labute approximate surface area is 149 Å². The summed E-state index contributed by atoms with van der Waals surface area (Å²) in [5, 5.41) is 3.08. The van der Waals surface area contributed by atoms with Crippen LogP contribution in [0.3, 0.4) is 0 Å². The smallest absolute Gasteiger partial charge is 0.322 e. The van der Waals surface area contributed by atoms with Crippen LogP contribution in [-0.4, -0.2) is 38.7 Å². The van der Waals surface area contributed by atoms with Crippen LogP contribution >= 0.6 is 0 Å². The molecule has 1 N–H and O–H groups in total. The van der Waals surface area contributed by atoms with Crippen molar-refractivity contribution in [3.05, 3.63) is 54.1 Å². The van der Waals surface area contributed by atoms with Crippen molar-refractivity contribution in [3.8, 4) is 5.75 Å². The first kappa shape index (κ1) is 17.1. The summed E-state index contributed by atoms with van der Waals surface area (Å²) in [4.78, 5) is 16.8. The third kappa shape index (κ3) is 3.71. The summed E-state index contributed by atoms with van der Waals surface area (Å²) < 4.78 is 5.22. The van der Waals surface area contributed by atoms with Crippen molar-refractivity contribution in [1.29, 1.82) is 0 Å². The normalized spacial score (nSPS) is 16.6. The molecule has 25 heavy (non-hydrogen) atoms. The van der Waals surface area contributed by atoms with E-state index < -0.39 is 0 Å². The second kappa shape index (κ2) is 7.47. The van der Waals surface area contributed by atoms with Gasteiger partial charge >= 0.3 is 6.03 Å². The zero-order valence-corrected chi connectivity index (χ0v) is 15.0. The van der Waals surface area contributed by atoms with Crippen molar-refractivity contribution in [2.24, 2.45) is 0 Å². The summed E-state index contributed by atoms with van der Waals surface area (Å²) in [5.74, 6) is 0.831. The molecule has 1 aliphatic rings. The van der Waals surface area contributed by atoms with Crippen molar-refractivity contribution < 1.29 is 9.53 Å². The average Bonchev–Trinajstić information content (AvgIpc) is 3.12. The second-order valence-corrected chi connectivity index (χ2v) is 6.47. The van der Waals surface area contributed by atoms with Crippen molar-refractivity contribution in [2.45, 2.75) is 18.9 Å². The number of anilines is 2. The van der Waals surface area contributed by atoms with Gasteiger partial charge in [0.25, 0.3) is 0 Å². The number of methoxy groups -OCH3 is 1. The predicted octanol–water partition coefficient (Wildman–Crippen LogP) is 4.13. The van der Waals surface area contributed by atoms with Gasteiger partial charge in [-0.05, 0) is 42.7 Å². The number of carbonyl (C=O) groups excluding carboxylic acids is 1. The van der Waals surface area contributed by atoms with Crippen molar-refractivity contribution >= 4 is 17.4 Å². The van der Waals surface area contributed by atoms with Gasteiger partial charge in [0.05, 0.1) is 24.5 Å². The monoisotopic (exact) mass is 339 g/mol. The van der Waals surface area contributed by atoms with Gasteiger partial charge in [0, 0.05) is 20.6 Å². The topological polar surface area (TPSA) is 44.8 Å². The Hall–Kier alpha value is -2.69. The molecular formula is C20H25N3O2. The molecule has 3 rings (SSSR count). The average molecular weight is 339 g/mol. The molecule has 5 heteroatoms. The number of hydrogen-bond donors (Lipinski definition) is 1. The maximum Gasteiger partial charge on any atom is 0.322 e. The van der Waals surface area contributed by atoms with Crippen LogP contribution in [0.25, 0.3) is 0 Å². The molecule has 132 valence electrons. The van der Waals surface area contributed by atoms with Crippen molar-refractivity contribution in [2.75, 3.05) is 38.0 Å². The Morgan fingerprint density at radius 1 is 1.16 bits per heavy atom. The summed E-state index contributed by atoms with van der Waals surface area (Å²) in [6.45, 7) is 0.770. The van der Waals surface area contributed by atoms with E-state index in [4.69, 9.17) is 4.74 Å². The fourth-order valence-corrected chi connectivity index (χ4v) is 3.34. The molecule has 2 aromatic carbocycles. The summed E-state index contributed by atoms with van der Waals surface area (Å²) in [6.07, 6.45) is 1.99. The maximum atomic E-state index is 12.9. The summed E-state index contributed by atoms with van der Waals surface area (Å²) >= 11 is 0. The number of nitrogens with zero attached hydrogens (tertiary/aromatic N) is 2. The first-order chi connectivity index (χ1) is 12.1. The van der Waals surface area contributed by atoms with Crippen LogP contribution in [0.1, 0.15) is 24.4 Å². The predicted molar refractivity (Wildman–Crippen MR) is 101 cm³/mol. The highest BCUT2D eigenvalue weighted by Gasteiger charge is 2.30. The van der Waals surface area contributed by atoms with Gasteiger partial charge in [-0.1, -0.05) is 24.3 Å². The number of carbonyl (C=O) groups is 1. The molecule has 0 unspecified atom stereocenters. The van der Waals surface area contributed by atoms with Crippen LogP contribution in [0.5, 0.6) is 5.75 Å². The SMILES string of the molecule is COc1ccc([C@@H]2CCCN2C(=O)Nc2ccccc2N(C)C)cc1. The van der Waals surface area contributed by atoms with Crippen LogP contribution in [0.4, 0.5) is 16.2 Å². The third-order valence-electron chi connectivity index (χ3n) is 4.64. The molecule has 2 amide bonds. The fraction of sp³-hybridized carbons (Fsp3) is 0.350. The van der Waals surface area contributed by atoms with E-state index in [0.29, 0.717) is 0 Å². The Bertz CT molecular complexity index is 728. The Kier molecular flexibility index (Phi) is 5.12. The summed E-state index contributed by atoms with van der Waals surface area (Å²) in [6, 6.07) is 15.9. The lowest BCUT2D eigenvalue weighted by atomic mass is 10.0. The van der Waals surface area contributed by atoms with Crippen molar-refractivity contribution in [3.63, 3.8) is 0 Å². The van der Waals surface area contributed by atoms with Gasteiger partial charge in [-0.15, -0.1) is 0 Å². The van der Waals surface area contributed by atoms with Gasteiger partial charge in [-0.25, -0.2) is 4.79 Å². The van der Waals surface area contributed by atoms with Gasteiger partial charge in [0.2, 0.25) is 0 Å². The lowest BCUT2D eigenvalue weighted by Crippen LogP contribution is -2.34. The third-order valence-corrected chi connectivity index (χ3v) is 4.64. The van der Waals surface area contributed by atoms with Crippen LogP contribution in [-0.2, 0) is 0 Å². The zero-order valence-electron chi connectivity index (χ0n) is 15.0. The van der Waals surface area contributed by atoms with E-state index in [1.165, 1.54) is 0 Å². The highest BCUT2D eigenvalue weighted by molar-refractivity contribution is 5.93. The van der Waals surface area contributed by atoms with Gasteiger partial charge in [-0.2, -0.15) is 0 Å². The van der Waals surface area contributed by atoms with Gasteiger partial charge in [0.1, 0.15) is 5.75 Å². The van der Waals surface area contributed by atoms with Crippen LogP contribution < -0.4 is 15.0 Å². The largest absolute Gasteiger partial charge is 0.497 e. The van der Waals surface area contributed by atoms with Crippen molar-refractivity contribution in [1.82, 2.24) is 4.90 Å². The number of hydrogen-bond acceptors (Lipinski definition) is 3.